The number of aryl methyl sites for hydroxylation is 1. The Morgan fingerprint density at radius 3 is 2.53 bits per heavy atom. The maximum Gasteiger partial charge on any atom is 0.261 e. The third-order valence-corrected chi connectivity index (χ3v) is 7.78. The molecule has 1 amide bonds. The molecule has 11 heteroatoms. The minimum atomic E-state index is -2.40. The molecule has 2 aliphatic rings. The predicted molar refractivity (Wildman–Crippen MR) is 147 cm³/mol. The van der Waals surface area contributed by atoms with Gasteiger partial charge in [-0.15, -0.1) is 46.5 Å². The van der Waals surface area contributed by atoms with Gasteiger partial charge in [0.25, 0.3) is 6.43 Å². The lowest BCUT2D eigenvalue weighted by Crippen LogP contribution is -2.28. The standard InChI is InChI=1S/C18H30F2N2OS.C5H7N3OS.C2H4/c1-21-16-8-11-22(10-7-15-5-3-2-4-6-15)12-9-17(16)24-14-23-13-18(19)20;1-3-7-8-5(10-3)2-4(6)9;1-2/h15,18H,1-14H2;2H2,1H3,(H2,6,9);1-2H2. The molecule has 1 aromatic rings. The molecule has 0 radical (unpaired) electrons. The first-order valence-electron chi connectivity index (χ1n) is 12.3. The Hall–Kier alpha value is -1.69. The van der Waals surface area contributed by atoms with Crippen molar-refractivity contribution in [3.05, 3.63) is 33.8 Å². The molecule has 1 aliphatic heterocycles. The zero-order valence-electron chi connectivity index (χ0n) is 21.4. The van der Waals surface area contributed by atoms with Crippen LogP contribution in [0.3, 0.4) is 0 Å². The number of amides is 1. The van der Waals surface area contributed by atoms with Gasteiger partial charge in [-0.1, -0.05) is 32.1 Å². The van der Waals surface area contributed by atoms with E-state index in [1.54, 1.807) is 0 Å². The number of rotatable bonds is 11. The third kappa shape index (κ3) is 14.2. The zero-order chi connectivity index (χ0) is 26.8. The fourth-order valence-corrected chi connectivity index (χ4v) is 5.72. The summed E-state index contributed by atoms with van der Waals surface area (Å²) in [4.78, 5) is 18.2. The van der Waals surface area contributed by atoms with Crippen LogP contribution in [0.4, 0.5) is 8.78 Å². The summed E-state index contributed by atoms with van der Waals surface area (Å²) in [5, 5.41) is 9.00. The molecular weight excluding hydrogens is 504 g/mol. The number of aliphatic imine (C=N–C) groups is 1. The fourth-order valence-electron chi connectivity index (χ4n) is 4.11. The van der Waals surface area contributed by atoms with Gasteiger partial charge in [0.2, 0.25) is 5.91 Å². The highest BCUT2D eigenvalue weighted by Gasteiger charge is 2.19. The van der Waals surface area contributed by atoms with Crippen LogP contribution in [0.25, 0.3) is 0 Å². The first-order chi connectivity index (χ1) is 17.4. The Bertz CT molecular complexity index is 801. The molecule has 1 aromatic heterocycles. The maximum absolute atomic E-state index is 12.1. The average molecular weight is 546 g/mol. The molecule has 204 valence electrons. The molecule has 1 aliphatic carbocycles. The lowest BCUT2D eigenvalue weighted by molar-refractivity contribution is -0.117. The molecule has 0 unspecified atom stereocenters. The summed E-state index contributed by atoms with van der Waals surface area (Å²) >= 11 is 2.89. The average Bonchev–Trinajstić information content (AvgIpc) is 3.17. The van der Waals surface area contributed by atoms with Gasteiger partial charge in [0, 0.05) is 24.4 Å². The van der Waals surface area contributed by atoms with Crippen molar-refractivity contribution < 1.29 is 18.3 Å². The van der Waals surface area contributed by atoms with Gasteiger partial charge in [0.1, 0.15) is 16.6 Å². The Morgan fingerprint density at radius 2 is 1.94 bits per heavy atom. The second kappa shape index (κ2) is 19.4. The molecule has 7 nitrogen and oxygen atoms in total. The molecule has 0 spiro atoms. The van der Waals surface area contributed by atoms with E-state index < -0.39 is 13.0 Å². The molecular formula is C25H41F2N5O2S2. The Morgan fingerprint density at radius 1 is 1.25 bits per heavy atom. The number of thioether (sulfide) groups is 1. The van der Waals surface area contributed by atoms with Crippen LogP contribution in [-0.2, 0) is 16.0 Å². The van der Waals surface area contributed by atoms with Gasteiger partial charge < -0.3 is 15.4 Å². The van der Waals surface area contributed by atoms with Crippen LogP contribution in [0, 0.1) is 12.8 Å². The molecule has 2 N–H and O–H groups in total. The Labute approximate surface area is 222 Å². The van der Waals surface area contributed by atoms with Gasteiger partial charge in [-0.25, -0.2) is 8.78 Å². The summed E-state index contributed by atoms with van der Waals surface area (Å²) in [5.74, 6) is 0.806. The van der Waals surface area contributed by atoms with Crippen LogP contribution in [0.1, 0.15) is 61.4 Å². The quantitative estimate of drug-likeness (QED) is 0.168. The highest BCUT2D eigenvalue weighted by molar-refractivity contribution is 8.02. The van der Waals surface area contributed by atoms with Gasteiger partial charge in [0.05, 0.1) is 18.1 Å². The van der Waals surface area contributed by atoms with Crippen molar-refractivity contribution in [2.45, 2.75) is 71.1 Å². The first-order valence-corrected chi connectivity index (χ1v) is 14.1. The number of nitrogens with zero attached hydrogens (tertiary/aromatic N) is 4. The lowest BCUT2D eigenvalue weighted by Gasteiger charge is -2.26. The van der Waals surface area contributed by atoms with E-state index in [2.05, 4.69) is 40.0 Å². The van der Waals surface area contributed by atoms with E-state index >= 15 is 0 Å². The van der Waals surface area contributed by atoms with E-state index in [0.717, 1.165) is 54.0 Å². The van der Waals surface area contributed by atoms with E-state index in [4.69, 9.17) is 10.5 Å². The number of carbonyl (C=O) groups is 1. The summed E-state index contributed by atoms with van der Waals surface area (Å²) in [6.45, 7) is 14.2. The second-order valence-electron chi connectivity index (χ2n) is 8.54. The van der Waals surface area contributed by atoms with Gasteiger partial charge in [-0.3, -0.25) is 9.79 Å². The van der Waals surface area contributed by atoms with Crippen molar-refractivity contribution in [2.24, 2.45) is 16.6 Å². The summed E-state index contributed by atoms with van der Waals surface area (Å²) in [6, 6.07) is 0. The highest BCUT2D eigenvalue weighted by Crippen LogP contribution is 2.30. The molecule has 0 atom stereocenters. The third-order valence-electron chi connectivity index (χ3n) is 5.86. The van der Waals surface area contributed by atoms with Crippen LogP contribution < -0.4 is 5.73 Å². The number of halogens is 2. The van der Waals surface area contributed by atoms with Gasteiger partial charge in [-0.05, 0) is 38.9 Å². The van der Waals surface area contributed by atoms with Crippen LogP contribution in [-0.4, -0.2) is 66.3 Å². The lowest BCUT2D eigenvalue weighted by atomic mass is 9.87. The number of hydrogen-bond donors (Lipinski definition) is 1. The highest BCUT2D eigenvalue weighted by atomic mass is 32.2. The minimum Gasteiger partial charge on any atom is -0.369 e. The van der Waals surface area contributed by atoms with Crippen LogP contribution in [0.15, 0.2) is 28.8 Å². The van der Waals surface area contributed by atoms with Gasteiger partial charge in [-0.2, -0.15) is 0 Å². The van der Waals surface area contributed by atoms with E-state index in [1.807, 2.05) is 6.92 Å². The second-order valence-corrected chi connectivity index (χ2v) is 10.8. The number of alkyl halides is 2. The summed E-state index contributed by atoms with van der Waals surface area (Å²) < 4.78 is 29.2. The normalized spacial score (nSPS) is 17.0. The largest absolute Gasteiger partial charge is 0.369 e. The van der Waals surface area contributed by atoms with Crippen molar-refractivity contribution in [2.75, 3.05) is 32.2 Å². The van der Waals surface area contributed by atoms with Crippen LogP contribution >= 0.6 is 23.1 Å². The number of ether oxygens (including phenoxy) is 1. The van der Waals surface area contributed by atoms with E-state index in [-0.39, 0.29) is 18.3 Å². The summed E-state index contributed by atoms with van der Waals surface area (Å²) in [7, 11) is 0. The summed E-state index contributed by atoms with van der Waals surface area (Å²) in [6.07, 6.45) is 7.91. The number of carbonyl (C=O) groups excluding carboxylic acids is 1. The molecule has 36 heavy (non-hydrogen) atoms. The maximum atomic E-state index is 12.1. The van der Waals surface area contributed by atoms with Crippen molar-refractivity contribution in [1.82, 2.24) is 15.1 Å². The van der Waals surface area contributed by atoms with Crippen molar-refractivity contribution in [1.29, 1.82) is 0 Å². The summed E-state index contributed by atoms with van der Waals surface area (Å²) in [5.41, 5.74) is 5.95. The Kier molecular flexibility index (Phi) is 17.4. The number of hydrogen-bond acceptors (Lipinski definition) is 8. The monoisotopic (exact) mass is 545 g/mol. The fraction of sp³-hybridized carbons (Fsp3) is 0.680. The molecule has 2 heterocycles. The molecule has 0 aromatic carbocycles. The first kappa shape index (κ1) is 32.3. The number of primary amides is 1. The molecule has 1 saturated carbocycles. The molecule has 3 rings (SSSR count). The minimum absolute atomic E-state index is 0.200. The van der Waals surface area contributed by atoms with Crippen molar-refractivity contribution in [3.63, 3.8) is 0 Å². The SMILES string of the molecule is C=C.C=NC1=C(SCOCC(F)F)CCN(CCC2CCCCC2)CC1.Cc1nnc(CC(N)=O)s1. The van der Waals surface area contributed by atoms with E-state index in [9.17, 15) is 13.6 Å². The van der Waals surface area contributed by atoms with Crippen molar-refractivity contribution >= 4 is 35.7 Å². The van der Waals surface area contributed by atoms with Gasteiger partial charge in [0.15, 0.2) is 0 Å². The van der Waals surface area contributed by atoms with E-state index in [0.29, 0.717) is 5.01 Å². The zero-order valence-corrected chi connectivity index (χ0v) is 23.1. The van der Waals surface area contributed by atoms with Crippen LogP contribution in [0.2, 0.25) is 0 Å². The van der Waals surface area contributed by atoms with E-state index in [1.165, 1.54) is 61.6 Å². The Balaban J connectivity index is 0.000000450. The number of aromatic nitrogens is 2. The van der Waals surface area contributed by atoms with Crippen molar-refractivity contribution in [3.8, 4) is 0 Å². The smallest absolute Gasteiger partial charge is 0.261 e. The molecule has 0 bridgehead atoms. The molecule has 0 saturated heterocycles. The predicted octanol–water partition coefficient (Wildman–Crippen LogP) is 5.61. The topological polar surface area (TPSA) is 93.7 Å². The van der Waals surface area contributed by atoms with Crippen LogP contribution in [0.5, 0.6) is 0 Å². The molecule has 1 fully saturated rings. The number of nitrogens with two attached hydrogens (primary N) is 1. The van der Waals surface area contributed by atoms with Gasteiger partial charge >= 0.3 is 0 Å².